The van der Waals surface area contributed by atoms with E-state index in [1.165, 1.54) is 0 Å². The summed E-state index contributed by atoms with van der Waals surface area (Å²) in [5.41, 5.74) is 6.58. The summed E-state index contributed by atoms with van der Waals surface area (Å²) >= 11 is 0. The number of amides is 1. The van der Waals surface area contributed by atoms with Gasteiger partial charge in [-0.3, -0.25) is 4.79 Å². The summed E-state index contributed by atoms with van der Waals surface area (Å²) in [4.78, 5) is 11.1. The van der Waals surface area contributed by atoms with E-state index in [-0.39, 0.29) is 6.10 Å². The number of benzene rings is 1. The van der Waals surface area contributed by atoms with Crippen LogP contribution in [0.15, 0.2) is 18.2 Å². The molecule has 0 bridgehead atoms. The zero-order chi connectivity index (χ0) is 12.4. The van der Waals surface area contributed by atoms with Gasteiger partial charge in [0.05, 0.1) is 12.2 Å². The fourth-order valence-electron chi connectivity index (χ4n) is 2.03. The van der Waals surface area contributed by atoms with Crippen LogP contribution in [0.2, 0.25) is 0 Å². The Balaban J connectivity index is 2.14. The number of carbonyl (C=O) groups is 1. The molecular weight excluding hydrogens is 216 g/mol. The first-order chi connectivity index (χ1) is 8.06. The van der Waals surface area contributed by atoms with E-state index in [2.05, 4.69) is 19.2 Å². The minimum atomic E-state index is -0.418. The van der Waals surface area contributed by atoms with Gasteiger partial charge in [-0.25, -0.2) is 0 Å². The number of nitrogens with two attached hydrogens (primary N) is 1. The average molecular weight is 234 g/mol. The van der Waals surface area contributed by atoms with Gasteiger partial charge < -0.3 is 15.8 Å². The molecule has 1 aromatic rings. The first-order valence-electron chi connectivity index (χ1n) is 5.90. The van der Waals surface area contributed by atoms with E-state index in [0.29, 0.717) is 11.5 Å². The summed E-state index contributed by atoms with van der Waals surface area (Å²) in [5, 5.41) is 3.28. The van der Waals surface area contributed by atoms with Crippen LogP contribution in [-0.2, 0) is 0 Å². The number of carbonyl (C=O) groups excluding carboxylic acids is 1. The predicted octanol–water partition coefficient (Wildman–Crippen LogP) is 2.00. The van der Waals surface area contributed by atoms with Gasteiger partial charge in [0.2, 0.25) is 5.91 Å². The summed E-state index contributed by atoms with van der Waals surface area (Å²) in [5.74, 6) is 0.985. The lowest BCUT2D eigenvalue weighted by Crippen LogP contribution is -2.32. The number of anilines is 1. The molecule has 0 saturated heterocycles. The quantitative estimate of drug-likeness (QED) is 0.840. The smallest absolute Gasteiger partial charge is 0.248 e. The summed E-state index contributed by atoms with van der Waals surface area (Å²) in [6.45, 7) is 5.12. The molecule has 0 fully saturated rings. The Hall–Kier alpha value is -1.71. The van der Waals surface area contributed by atoms with Crippen LogP contribution in [0.5, 0.6) is 5.75 Å². The maximum Gasteiger partial charge on any atom is 0.248 e. The molecule has 0 saturated carbocycles. The SMILES string of the molecule is CC(C)CC1CNc2cc(C(N)=O)ccc2O1. The number of ether oxygens (including phenoxy) is 1. The maximum atomic E-state index is 11.1. The van der Waals surface area contributed by atoms with Crippen molar-refractivity contribution in [1.82, 2.24) is 0 Å². The van der Waals surface area contributed by atoms with Gasteiger partial charge in [-0.2, -0.15) is 0 Å². The van der Waals surface area contributed by atoms with E-state index in [4.69, 9.17) is 10.5 Å². The summed E-state index contributed by atoms with van der Waals surface area (Å²) in [6.07, 6.45) is 1.21. The fourth-order valence-corrected chi connectivity index (χ4v) is 2.03. The first-order valence-corrected chi connectivity index (χ1v) is 5.90. The minimum Gasteiger partial charge on any atom is -0.486 e. The van der Waals surface area contributed by atoms with Crippen LogP contribution in [0.3, 0.4) is 0 Å². The molecule has 1 heterocycles. The van der Waals surface area contributed by atoms with Crippen LogP contribution in [0.25, 0.3) is 0 Å². The van der Waals surface area contributed by atoms with Crippen molar-refractivity contribution in [1.29, 1.82) is 0 Å². The average Bonchev–Trinajstić information content (AvgIpc) is 2.27. The molecule has 4 heteroatoms. The van der Waals surface area contributed by atoms with Gasteiger partial charge >= 0.3 is 0 Å². The molecule has 1 amide bonds. The molecule has 1 unspecified atom stereocenters. The number of hydrogen-bond acceptors (Lipinski definition) is 3. The summed E-state index contributed by atoms with van der Waals surface area (Å²) in [6, 6.07) is 5.23. The van der Waals surface area contributed by atoms with Crippen LogP contribution >= 0.6 is 0 Å². The van der Waals surface area contributed by atoms with Crippen LogP contribution < -0.4 is 15.8 Å². The molecule has 0 aliphatic carbocycles. The predicted molar refractivity (Wildman–Crippen MR) is 67.3 cm³/mol. The number of rotatable bonds is 3. The lowest BCUT2D eigenvalue weighted by molar-refractivity contribution is 0.1000. The highest BCUT2D eigenvalue weighted by molar-refractivity contribution is 5.94. The highest BCUT2D eigenvalue weighted by atomic mass is 16.5. The molecule has 0 spiro atoms. The van der Waals surface area contributed by atoms with Gasteiger partial charge in [-0.1, -0.05) is 13.8 Å². The normalized spacial score (nSPS) is 18.2. The van der Waals surface area contributed by atoms with Crippen molar-refractivity contribution in [2.45, 2.75) is 26.4 Å². The Morgan fingerprint density at radius 1 is 1.59 bits per heavy atom. The van der Waals surface area contributed by atoms with Crippen LogP contribution in [0.1, 0.15) is 30.6 Å². The molecule has 1 atom stereocenters. The van der Waals surface area contributed by atoms with Gasteiger partial charge in [-0.05, 0) is 30.5 Å². The van der Waals surface area contributed by atoms with Crippen LogP contribution in [0, 0.1) is 5.92 Å². The summed E-state index contributed by atoms with van der Waals surface area (Å²) in [7, 11) is 0. The molecule has 1 aromatic carbocycles. The molecule has 0 aromatic heterocycles. The number of primary amides is 1. The van der Waals surface area contributed by atoms with Crippen LogP contribution in [0.4, 0.5) is 5.69 Å². The molecule has 1 aliphatic rings. The third-order valence-corrected chi connectivity index (χ3v) is 2.81. The molecule has 0 radical (unpaired) electrons. The van der Waals surface area contributed by atoms with Crippen molar-refractivity contribution in [3.05, 3.63) is 23.8 Å². The highest BCUT2D eigenvalue weighted by Crippen LogP contribution is 2.31. The zero-order valence-electron chi connectivity index (χ0n) is 10.2. The van der Waals surface area contributed by atoms with Gasteiger partial charge in [0.1, 0.15) is 11.9 Å². The van der Waals surface area contributed by atoms with E-state index in [0.717, 1.165) is 24.4 Å². The molecule has 4 nitrogen and oxygen atoms in total. The Labute approximate surface area is 101 Å². The monoisotopic (exact) mass is 234 g/mol. The maximum absolute atomic E-state index is 11.1. The van der Waals surface area contributed by atoms with E-state index >= 15 is 0 Å². The minimum absolute atomic E-state index is 0.196. The van der Waals surface area contributed by atoms with Crippen molar-refractivity contribution in [3.63, 3.8) is 0 Å². The largest absolute Gasteiger partial charge is 0.486 e. The van der Waals surface area contributed by atoms with Gasteiger partial charge in [0, 0.05) is 5.56 Å². The van der Waals surface area contributed by atoms with Gasteiger partial charge in [0.15, 0.2) is 0 Å². The highest BCUT2D eigenvalue weighted by Gasteiger charge is 2.20. The number of fused-ring (bicyclic) bond motifs is 1. The Bertz CT molecular complexity index is 429. The standard InChI is InChI=1S/C13H18N2O2/c1-8(2)5-10-7-15-11-6-9(13(14)16)3-4-12(11)17-10/h3-4,6,8,10,15H,5,7H2,1-2H3,(H2,14,16). The summed E-state index contributed by atoms with van der Waals surface area (Å²) < 4.78 is 5.86. The lowest BCUT2D eigenvalue weighted by atomic mass is 10.0. The second kappa shape index (κ2) is 4.65. The van der Waals surface area contributed by atoms with E-state index in [9.17, 15) is 4.79 Å². The van der Waals surface area contributed by atoms with E-state index < -0.39 is 5.91 Å². The molecule has 1 aliphatic heterocycles. The van der Waals surface area contributed by atoms with Crippen molar-refractivity contribution in [2.24, 2.45) is 11.7 Å². The van der Waals surface area contributed by atoms with Crippen molar-refractivity contribution in [3.8, 4) is 5.75 Å². The topological polar surface area (TPSA) is 64.3 Å². The molecule has 3 N–H and O–H groups in total. The lowest BCUT2D eigenvalue weighted by Gasteiger charge is -2.28. The molecule has 92 valence electrons. The molecular formula is C13H18N2O2. The van der Waals surface area contributed by atoms with Crippen molar-refractivity contribution in [2.75, 3.05) is 11.9 Å². The first kappa shape index (κ1) is 11.8. The Kier molecular flexibility index (Phi) is 3.22. The zero-order valence-corrected chi connectivity index (χ0v) is 10.2. The van der Waals surface area contributed by atoms with Gasteiger partial charge in [0.25, 0.3) is 0 Å². The Morgan fingerprint density at radius 3 is 3.00 bits per heavy atom. The van der Waals surface area contributed by atoms with Crippen molar-refractivity contribution >= 4 is 11.6 Å². The second-order valence-electron chi connectivity index (χ2n) is 4.83. The fraction of sp³-hybridized carbons (Fsp3) is 0.462. The second-order valence-corrected chi connectivity index (χ2v) is 4.83. The van der Waals surface area contributed by atoms with Crippen molar-refractivity contribution < 1.29 is 9.53 Å². The number of hydrogen-bond donors (Lipinski definition) is 2. The molecule has 17 heavy (non-hydrogen) atoms. The molecule has 2 rings (SSSR count). The van der Waals surface area contributed by atoms with Crippen LogP contribution in [-0.4, -0.2) is 18.6 Å². The third kappa shape index (κ3) is 2.70. The van der Waals surface area contributed by atoms with E-state index in [1.807, 2.05) is 0 Å². The third-order valence-electron chi connectivity index (χ3n) is 2.81. The van der Waals surface area contributed by atoms with Gasteiger partial charge in [-0.15, -0.1) is 0 Å². The van der Waals surface area contributed by atoms with E-state index in [1.54, 1.807) is 18.2 Å². The Morgan fingerprint density at radius 2 is 2.35 bits per heavy atom. The number of nitrogens with one attached hydrogen (secondary N) is 1.